The van der Waals surface area contributed by atoms with Crippen molar-refractivity contribution < 1.29 is 15.0 Å². The molecule has 0 amide bonds. The molecule has 1 heterocycles. The second-order valence-corrected chi connectivity index (χ2v) is 6.20. The van der Waals surface area contributed by atoms with E-state index in [4.69, 9.17) is 5.11 Å². The van der Waals surface area contributed by atoms with Crippen LogP contribution in [0, 0.1) is 5.92 Å². The third kappa shape index (κ3) is 2.84. The normalized spacial score (nSPS) is 34.9. The number of carbonyl (C=O) groups is 1. The minimum Gasteiger partial charge on any atom is -0.481 e. The first-order valence-corrected chi connectivity index (χ1v) is 6.82. The third-order valence-electron chi connectivity index (χ3n) is 4.48. The summed E-state index contributed by atoms with van der Waals surface area (Å²) in [6.45, 7) is 3.69. The standard InChI is InChI=1S/C13H24N2O3/c1-10-2-4-12(9-16,5-3-10)15-13(6-11(17)18)7-14-8-13/h10,14-16H,2-9H2,1H3,(H,17,18). The van der Waals surface area contributed by atoms with E-state index < -0.39 is 5.97 Å². The van der Waals surface area contributed by atoms with Gasteiger partial charge in [0.05, 0.1) is 18.6 Å². The van der Waals surface area contributed by atoms with E-state index in [0.29, 0.717) is 19.0 Å². The number of carboxylic acids is 1. The molecule has 0 spiro atoms. The number of nitrogens with one attached hydrogen (secondary N) is 2. The van der Waals surface area contributed by atoms with Crippen molar-refractivity contribution >= 4 is 5.97 Å². The predicted octanol–water partition coefficient (Wildman–Crippen LogP) is 0.334. The number of aliphatic hydroxyl groups is 1. The highest BCUT2D eigenvalue weighted by molar-refractivity contribution is 5.69. The van der Waals surface area contributed by atoms with E-state index in [-0.39, 0.29) is 24.1 Å². The molecule has 0 unspecified atom stereocenters. The van der Waals surface area contributed by atoms with Crippen LogP contribution in [0.3, 0.4) is 0 Å². The summed E-state index contributed by atoms with van der Waals surface area (Å²) in [5.74, 6) is -0.0670. The van der Waals surface area contributed by atoms with Crippen molar-refractivity contribution in [2.24, 2.45) is 5.92 Å². The molecule has 18 heavy (non-hydrogen) atoms. The van der Waals surface area contributed by atoms with Crippen LogP contribution in [-0.2, 0) is 4.79 Å². The van der Waals surface area contributed by atoms with Gasteiger partial charge in [-0.3, -0.25) is 4.79 Å². The predicted molar refractivity (Wildman–Crippen MR) is 68.4 cm³/mol. The number of hydrogen-bond acceptors (Lipinski definition) is 4. The fraction of sp³-hybridized carbons (Fsp3) is 0.923. The Morgan fingerprint density at radius 3 is 2.33 bits per heavy atom. The van der Waals surface area contributed by atoms with Gasteiger partial charge in [-0.1, -0.05) is 6.92 Å². The monoisotopic (exact) mass is 256 g/mol. The highest BCUT2D eigenvalue weighted by Gasteiger charge is 2.46. The van der Waals surface area contributed by atoms with E-state index in [0.717, 1.165) is 25.7 Å². The Labute approximate surface area is 108 Å². The molecule has 4 N–H and O–H groups in total. The van der Waals surface area contributed by atoms with Crippen LogP contribution in [0.15, 0.2) is 0 Å². The first-order chi connectivity index (χ1) is 8.49. The largest absolute Gasteiger partial charge is 0.481 e. The van der Waals surface area contributed by atoms with Crippen molar-refractivity contribution in [1.29, 1.82) is 0 Å². The topological polar surface area (TPSA) is 81.6 Å². The first kappa shape index (κ1) is 13.8. The lowest BCUT2D eigenvalue weighted by atomic mass is 9.74. The highest BCUT2D eigenvalue weighted by atomic mass is 16.4. The molecule has 1 aliphatic heterocycles. The molecule has 2 aliphatic rings. The Kier molecular flexibility index (Phi) is 3.94. The summed E-state index contributed by atoms with van der Waals surface area (Å²) in [5, 5.41) is 25.4. The van der Waals surface area contributed by atoms with Gasteiger partial charge in [-0.15, -0.1) is 0 Å². The van der Waals surface area contributed by atoms with Gasteiger partial charge in [0.1, 0.15) is 0 Å². The van der Waals surface area contributed by atoms with E-state index >= 15 is 0 Å². The van der Waals surface area contributed by atoms with Crippen molar-refractivity contribution in [3.63, 3.8) is 0 Å². The van der Waals surface area contributed by atoms with Crippen LogP contribution in [0.5, 0.6) is 0 Å². The second-order valence-electron chi connectivity index (χ2n) is 6.20. The van der Waals surface area contributed by atoms with Crippen LogP contribution in [0.1, 0.15) is 39.0 Å². The summed E-state index contributed by atoms with van der Waals surface area (Å²) in [4.78, 5) is 11.0. The Morgan fingerprint density at radius 2 is 1.94 bits per heavy atom. The summed E-state index contributed by atoms with van der Waals surface area (Å²) in [6, 6.07) is 0. The van der Waals surface area contributed by atoms with E-state index in [1.165, 1.54) is 0 Å². The highest BCUT2D eigenvalue weighted by Crippen LogP contribution is 2.34. The Bertz CT molecular complexity index is 307. The smallest absolute Gasteiger partial charge is 0.305 e. The van der Waals surface area contributed by atoms with E-state index in [1.54, 1.807) is 0 Å². The molecule has 0 aromatic rings. The maximum absolute atomic E-state index is 11.0. The Morgan fingerprint density at radius 1 is 1.33 bits per heavy atom. The lowest BCUT2D eigenvalue weighted by Crippen LogP contribution is -2.74. The molecule has 1 aliphatic carbocycles. The lowest BCUT2D eigenvalue weighted by molar-refractivity contribution is -0.140. The van der Waals surface area contributed by atoms with Crippen molar-refractivity contribution in [2.45, 2.75) is 50.1 Å². The Hall–Kier alpha value is -0.650. The molecule has 0 atom stereocenters. The van der Waals surface area contributed by atoms with E-state index in [1.807, 2.05) is 0 Å². The van der Waals surface area contributed by atoms with Crippen molar-refractivity contribution in [3.05, 3.63) is 0 Å². The maximum atomic E-state index is 11.0. The van der Waals surface area contributed by atoms with Crippen LogP contribution < -0.4 is 10.6 Å². The molecule has 2 fully saturated rings. The van der Waals surface area contributed by atoms with E-state index in [2.05, 4.69) is 17.6 Å². The van der Waals surface area contributed by atoms with Gasteiger partial charge in [-0.2, -0.15) is 0 Å². The molecule has 0 bridgehead atoms. The Balaban J connectivity index is 2.02. The minimum absolute atomic E-state index is 0.0983. The van der Waals surface area contributed by atoms with Crippen molar-refractivity contribution in [1.82, 2.24) is 10.6 Å². The number of hydrogen-bond donors (Lipinski definition) is 4. The number of carboxylic acid groups (broad SMARTS) is 1. The van der Waals surface area contributed by atoms with Crippen molar-refractivity contribution in [3.8, 4) is 0 Å². The molecular weight excluding hydrogens is 232 g/mol. The van der Waals surface area contributed by atoms with Crippen LogP contribution in [0.25, 0.3) is 0 Å². The fourth-order valence-electron chi connectivity index (χ4n) is 3.17. The zero-order chi connectivity index (χ0) is 13.2. The summed E-state index contributed by atoms with van der Waals surface area (Å²) in [6.07, 6.45) is 4.20. The molecule has 104 valence electrons. The van der Waals surface area contributed by atoms with Gasteiger partial charge in [-0.05, 0) is 31.6 Å². The summed E-state index contributed by atoms with van der Waals surface area (Å²) < 4.78 is 0. The number of rotatable bonds is 5. The van der Waals surface area contributed by atoms with Gasteiger partial charge < -0.3 is 20.8 Å². The molecule has 0 aromatic carbocycles. The second kappa shape index (κ2) is 5.15. The van der Waals surface area contributed by atoms with Gasteiger partial charge in [0, 0.05) is 18.6 Å². The number of aliphatic carboxylic acids is 1. The van der Waals surface area contributed by atoms with Crippen LogP contribution in [0.4, 0.5) is 0 Å². The fourth-order valence-corrected chi connectivity index (χ4v) is 3.17. The maximum Gasteiger partial charge on any atom is 0.305 e. The quantitative estimate of drug-likeness (QED) is 0.570. The third-order valence-corrected chi connectivity index (χ3v) is 4.48. The molecule has 1 saturated heterocycles. The van der Waals surface area contributed by atoms with E-state index in [9.17, 15) is 9.90 Å². The molecule has 5 nitrogen and oxygen atoms in total. The minimum atomic E-state index is -0.777. The van der Waals surface area contributed by atoms with Gasteiger partial charge >= 0.3 is 5.97 Å². The van der Waals surface area contributed by atoms with Crippen molar-refractivity contribution in [2.75, 3.05) is 19.7 Å². The molecule has 1 saturated carbocycles. The number of aliphatic hydroxyl groups excluding tert-OH is 1. The van der Waals surface area contributed by atoms with Gasteiger partial charge in [0.2, 0.25) is 0 Å². The van der Waals surface area contributed by atoms with Gasteiger partial charge in [0.15, 0.2) is 0 Å². The summed E-state index contributed by atoms with van der Waals surface area (Å²) >= 11 is 0. The zero-order valence-corrected chi connectivity index (χ0v) is 11.0. The van der Waals surface area contributed by atoms with Crippen LogP contribution >= 0.6 is 0 Å². The summed E-state index contributed by atoms with van der Waals surface area (Å²) in [5.41, 5.74) is -0.640. The average molecular weight is 256 g/mol. The average Bonchev–Trinajstić information content (AvgIpc) is 2.29. The molecule has 2 rings (SSSR count). The lowest BCUT2D eigenvalue weighted by Gasteiger charge is -2.51. The van der Waals surface area contributed by atoms with Gasteiger partial charge in [-0.25, -0.2) is 0 Å². The van der Waals surface area contributed by atoms with Crippen LogP contribution in [0.2, 0.25) is 0 Å². The molecule has 5 heteroatoms. The molecular formula is C13H24N2O3. The molecule has 0 radical (unpaired) electrons. The first-order valence-electron chi connectivity index (χ1n) is 6.82. The van der Waals surface area contributed by atoms with Crippen LogP contribution in [-0.4, -0.2) is 47.0 Å². The molecule has 0 aromatic heterocycles. The SMILES string of the molecule is CC1CCC(CO)(NC2(CC(=O)O)CNC2)CC1. The van der Waals surface area contributed by atoms with Gasteiger partial charge in [0.25, 0.3) is 0 Å². The summed E-state index contributed by atoms with van der Waals surface area (Å²) in [7, 11) is 0. The zero-order valence-electron chi connectivity index (χ0n) is 11.0.